The number of nitrogens with one attached hydrogen (secondary N) is 1. The SMILES string of the molecule is CCOC(=O)c1cnc(SCC(=O)Nc2ccc(Cl)c(C(=O)O)c2)nc1N. The summed E-state index contributed by atoms with van der Waals surface area (Å²) in [4.78, 5) is 42.6. The van der Waals surface area contributed by atoms with Gasteiger partial charge in [-0.05, 0) is 25.1 Å². The van der Waals surface area contributed by atoms with Crippen molar-refractivity contribution in [1.29, 1.82) is 0 Å². The summed E-state index contributed by atoms with van der Waals surface area (Å²) in [7, 11) is 0. The Kier molecular flexibility index (Phi) is 6.97. The van der Waals surface area contributed by atoms with Gasteiger partial charge in [0.1, 0.15) is 11.4 Å². The van der Waals surface area contributed by atoms with Crippen LogP contribution in [0.2, 0.25) is 5.02 Å². The summed E-state index contributed by atoms with van der Waals surface area (Å²) in [6.07, 6.45) is 1.24. The Labute approximate surface area is 163 Å². The number of benzene rings is 1. The normalized spacial score (nSPS) is 10.3. The summed E-state index contributed by atoms with van der Waals surface area (Å²) >= 11 is 6.78. The zero-order valence-corrected chi connectivity index (χ0v) is 15.6. The molecule has 9 nitrogen and oxygen atoms in total. The van der Waals surface area contributed by atoms with Gasteiger partial charge in [-0.15, -0.1) is 0 Å². The van der Waals surface area contributed by atoms with Gasteiger partial charge in [0.05, 0.1) is 22.9 Å². The van der Waals surface area contributed by atoms with E-state index >= 15 is 0 Å². The quantitative estimate of drug-likeness (QED) is 0.355. The van der Waals surface area contributed by atoms with Gasteiger partial charge in [-0.1, -0.05) is 23.4 Å². The Morgan fingerprint density at radius 1 is 1.33 bits per heavy atom. The van der Waals surface area contributed by atoms with Crippen molar-refractivity contribution in [1.82, 2.24) is 9.97 Å². The van der Waals surface area contributed by atoms with Crippen LogP contribution in [0.4, 0.5) is 11.5 Å². The Bertz CT molecular complexity index is 893. The zero-order valence-electron chi connectivity index (χ0n) is 14.1. The summed E-state index contributed by atoms with van der Waals surface area (Å²) < 4.78 is 4.83. The number of nitrogen functional groups attached to an aromatic ring is 1. The van der Waals surface area contributed by atoms with Gasteiger partial charge in [-0.3, -0.25) is 4.79 Å². The molecule has 0 saturated heterocycles. The minimum atomic E-state index is -1.20. The van der Waals surface area contributed by atoms with Crippen LogP contribution in [0, 0.1) is 0 Å². The van der Waals surface area contributed by atoms with Crippen LogP contribution < -0.4 is 11.1 Å². The van der Waals surface area contributed by atoms with E-state index in [0.29, 0.717) is 5.69 Å². The molecule has 0 radical (unpaired) electrons. The van der Waals surface area contributed by atoms with Crippen molar-refractivity contribution in [3.05, 3.63) is 40.5 Å². The lowest BCUT2D eigenvalue weighted by Gasteiger charge is -2.08. The first-order chi connectivity index (χ1) is 12.8. The van der Waals surface area contributed by atoms with E-state index in [0.717, 1.165) is 11.8 Å². The molecule has 27 heavy (non-hydrogen) atoms. The number of carbonyl (C=O) groups excluding carboxylic acids is 2. The van der Waals surface area contributed by atoms with Crippen LogP contribution in [-0.2, 0) is 9.53 Å². The predicted octanol–water partition coefficient (Wildman–Crippen LogP) is 2.32. The number of anilines is 2. The highest BCUT2D eigenvalue weighted by Crippen LogP contribution is 2.21. The highest BCUT2D eigenvalue weighted by molar-refractivity contribution is 7.99. The lowest BCUT2D eigenvalue weighted by molar-refractivity contribution is -0.113. The molecule has 0 aliphatic carbocycles. The second-order valence-corrected chi connectivity index (χ2v) is 6.36. The van der Waals surface area contributed by atoms with E-state index in [1.165, 1.54) is 24.4 Å². The summed E-state index contributed by atoms with van der Waals surface area (Å²) in [5.74, 6) is -2.33. The summed E-state index contributed by atoms with van der Waals surface area (Å²) in [5, 5.41) is 11.9. The molecule has 0 aliphatic heterocycles. The van der Waals surface area contributed by atoms with E-state index < -0.39 is 17.8 Å². The number of carbonyl (C=O) groups is 3. The zero-order chi connectivity index (χ0) is 20.0. The molecule has 0 fully saturated rings. The van der Waals surface area contributed by atoms with E-state index in [1.54, 1.807) is 6.92 Å². The average Bonchev–Trinajstić information content (AvgIpc) is 2.61. The summed E-state index contributed by atoms with van der Waals surface area (Å²) in [5.41, 5.74) is 5.93. The van der Waals surface area contributed by atoms with Gasteiger partial charge in [-0.25, -0.2) is 19.6 Å². The Morgan fingerprint density at radius 3 is 2.70 bits per heavy atom. The molecule has 0 spiro atoms. The number of aromatic nitrogens is 2. The van der Waals surface area contributed by atoms with Crippen LogP contribution in [0.1, 0.15) is 27.6 Å². The number of esters is 1. The molecule has 2 rings (SSSR count). The van der Waals surface area contributed by atoms with Gasteiger partial charge in [0, 0.05) is 11.9 Å². The van der Waals surface area contributed by atoms with E-state index in [4.69, 9.17) is 27.2 Å². The first-order valence-electron chi connectivity index (χ1n) is 7.57. The fourth-order valence-electron chi connectivity index (χ4n) is 1.91. The number of hydrogen-bond acceptors (Lipinski definition) is 8. The lowest BCUT2D eigenvalue weighted by atomic mass is 10.2. The third kappa shape index (κ3) is 5.56. The predicted molar refractivity (Wildman–Crippen MR) is 100 cm³/mol. The molecule has 0 unspecified atom stereocenters. The molecule has 1 aromatic carbocycles. The number of thioether (sulfide) groups is 1. The van der Waals surface area contributed by atoms with Gasteiger partial charge in [-0.2, -0.15) is 0 Å². The summed E-state index contributed by atoms with van der Waals surface area (Å²) in [6.45, 7) is 1.86. The third-order valence-electron chi connectivity index (χ3n) is 3.10. The largest absolute Gasteiger partial charge is 0.478 e. The number of carboxylic acid groups (broad SMARTS) is 1. The third-order valence-corrected chi connectivity index (χ3v) is 4.30. The number of nitrogens with two attached hydrogens (primary N) is 1. The highest BCUT2D eigenvalue weighted by atomic mass is 35.5. The Morgan fingerprint density at radius 2 is 2.07 bits per heavy atom. The number of nitrogens with zero attached hydrogens (tertiary/aromatic N) is 2. The minimum Gasteiger partial charge on any atom is -0.478 e. The van der Waals surface area contributed by atoms with Crippen molar-refractivity contribution in [2.24, 2.45) is 0 Å². The van der Waals surface area contributed by atoms with Crippen molar-refractivity contribution in [3.8, 4) is 0 Å². The molecule has 4 N–H and O–H groups in total. The standard InChI is InChI=1S/C16H15ClN4O5S/c1-2-26-15(25)10-6-19-16(21-13(10)18)27-7-12(22)20-8-3-4-11(17)9(5-8)14(23)24/h3-6H,2,7H2,1H3,(H,20,22)(H,23,24)(H2,18,19,21). The van der Waals surface area contributed by atoms with Gasteiger partial charge >= 0.3 is 11.9 Å². The molecule has 11 heteroatoms. The number of aromatic carboxylic acids is 1. The average molecular weight is 411 g/mol. The topological polar surface area (TPSA) is 144 Å². The molecule has 0 atom stereocenters. The molecule has 0 saturated carbocycles. The number of ether oxygens (including phenoxy) is 1. The van der Waals surface area contributed by atoms with Crippen molar-refractivity contribution in [3.63, 3.8) is 0 Å². The van der Waals surface area contributed by atoms with E-state index in [1.807, 2.05) is 0 Å². The second kappa shape index (κ2) is 9.19. The molecule has 142 valence electrons. The van der Waals surface area contributed by atoms with E-state index in [9.17, 15) is 14.4 Å². The Balaban J connectivity index is 1.98. The van der Waals surface area contributed by atoms with Crippen molar-refractivity contribution in [2.45, 2.75) is 12.1 Å². The van der Waals surface area contributed by atoms with Gasteiger partial charge in [0.2, 0.25) is 5.91 Å². The lowest BCUT2D eigenvalue weighted by Crippen LogP contribution is -2.15. The fourth-order valence-corrected chi connectivity index (χ4v) is 2.73. The van der Waals surface area contributed by atoms with Crippen LogP contribution in [0.5, 0.6) is 0 Å². The number of amides is 1. The van der Waals surface area contributed by atoms with Gasteiger partial charge < -0.3 is 20.9 Å². The number of rotatable bonds is 7. The monoisotopic (exact) mass is 410 g/mol. The van der Waals surface area contributed by atoms with Crippen LogP contribution in [0.3, 0.4) is 0 Å². The molecule has 1 heterocycles. The molecular formula is C16H15ClN4O5S. The van der Waals surface area contributed by atoms with Gasteiger partial charge in [0.15, 0.2) is 5.16 Å². The fraction of sp³-hybridized carbons (Fsp3) is 0.188. The molecule has 0 bridgehead atoms. The smallest absolute Gasteiger partial charge is 0.343 e. The Hall–Kier alpha value is -2.85. The molecule has 1 aromatic heterocycles. The van der Waals surface area contributed by atoms with Crippen LogP contribution >= 0.6 is 23.4 Å². The maximum Gasteiger partial charge on any atom is 0.343 e. The van der Waals surface area contributed by atoms with E-state index in [-0.39, 0.29) is 39.5 Å². The highest BCUT2D eigenvalue weighted by Gasteiger charge is 2.15. The second-order valence-electron chi connectivity index (χ2n) is 5.01. The van der Waals surface area contributed by atoms with Crippen molar-refractivity contribution in [2.75, 3.05) is 23.4 Å². The van der Waals surface area contributed by atoms with Crippen LogP contribution in [0.25, 0.3) is 0 Å². The minimum absolute atomic E-state index is 0.0461. The number of carboxylic acids is 1. The van der Waals surface area contributed by atoms with E-state index in [2.05, 4.69) is 15.3 Å². The van der Waals surface area contributed by atoms with Crippen molar-refractivity contribution >= 4 is 52.7 Å². The number of halogens is 1. The maximum absolute atomic E-state index is 12.0. The first-order valence-corrected chi connectivity index (χ1v) is 8.93. The summed E-state index contributed by atoms with van der Waals surface area (Å²) in [6, 6.07) is 4.13. The van der Waals surface area contributed by atoms with Crippen LogP contribution in [0.15, 0.2) is 29.6 Å². The maximum atomic E-state index is 12.0. The van der Waals surface area contributed by atoms with Crippen molar-refractivity contribution < 1.29 is 24.2 Å². The van der Waals surface area contributed by atoms with Gasteiger partial charge in [0.25, 0.3) is 0 Å². The molecular weight excluding hydrogens is 396 g/mol. The first kappa shape index (κ1) is 20.5. The molecule has 2 aromatic rings. The van der Waals surface area contributed by atoms with Crippen LogP contribution in [-0.4, -0.2) is 45.3 Å². The molecule has 0 aliphatic rings. The molecule has 1 amide bonds. The number of hydrogen-bond donors (Lipinski definition) is 3.